The molecule has 0 spiro atoms. The molecule has 4 nitrogen and oxygen atoms in total. The standard InChI is InChI=1S/C16H25ClN4/c1-2-8-18-16-19-10-14(17)15(20-16)21-9-7-12-5-3-4-6-13(12)11-21/h10,12-13H,2-9,11H2,1H3,(H,18,19,20). The van der Waals surface area contributed by atoms with E-state index < -0.39 is 0 Å². The lowest BCUT2D eigenvalue weighted by atomic mass is 9.75. The molecule has 1 saturated heterocycles. The van der Waals surface area contributed by atoms with Crippen LogP contribution < -0.4 is 10.2 Å². The van der Waals surface area contributed by atoms with E-state index in [1.165, 1.54) is 32.1 Å². The number of nitrogens with one attached hydrogen (secondary N) is 1. The van der Waals surface area contributed by atoms with Gasteiger partial charge in [-0.15, -0.1) is 0 Å². The molecule has 1 aromatic rings. The van der Waals surface area contributed by atoms with Crippen molar-refractivity contribution in [1.82, 2.24) is 9.97 Å². The van der Waals surface area contributed by atoms with Gasteiger partial charge in [-0.1, -0.05) is 37.8 Å². The van der Waals surface area contributed by atoms with Crippen LogP contribution >= 0.6 is 11.6 Å². The summed E-state index contributed by atoms with van der Waals surface area (Å²) >= 11 is 6.34. The monoisotopic (exact) mass is 308 g/mol. The maximum absolute atomic E-state index is 6.34. The molecular weight excluding hydrogens is 284 g/mol. The Hall–Kier alpha value is -1.03. The molecule has 0 radical (unpaired) electrons. The van der Waals surface area contributed by atoms with Gasteiger partial charge in [-0.25, -0.2) is 4.98 Å². The van der Waals surface area contributed by atoms with Gasteiger partial charge >= 0.3 is 0 Å². The number of nitrogens with zero attached hydrogens (tertiary/aromatic N) is 3. The quantitative estimate of drug-likeness (QED) is 0.914. The Bertz CT molecular complexity index is 479. The SMILES string of the molecule is CCCNc1ncc(Cl)c(N2CCC3CCCCC3C2)n1. The van der Waals surface area contributed by atoms with E-state index in [0.29, 0.717) is 11.0 Å². The third kappa shape index (κ3) is 3.42. The zero-order chi connectivity index (χ0) is 14.7. The van der Waals surface area contributed by atoms with Crippen molar-refractivity contribution in [1.29, 1.82) is 0 Å². The number of piperidine rings is 1. The van der Waals surface area contributed by atoms with E-state index in [-0.39, 0.29) is 0 Å². The fourth-order valence-electron chi connectivity index (χ4n) is 3.70. The summed E-state index contributed by atoms with van der Waals surface area (Å²) in [6.45, 7) is 5.21. The number of hydrogen-bond donors (Lipinski definition) is 1. The highest BCUT2D eigenvalue weighted by molar-refractivity contribution is 6.32. The molecule has 21 heavy (non-hydrogen) atoms. The summed E-state index contributed by atoms with van der Waals surface area (Å²) in [6, 6.07) is 0. The highest BCUT2D eigenvalue weighted by atomic mass is 35.5. The second-order valence-corrected chi connectivity index (χ2v) is 6.74. The van der Waals surface area contributed by atoms with E-state index in [0.717, 1.165) is 43.7 Å². The number of rotatable bonds is 4. The van der Waals surface area contributed by atoms with Gasteiger partial charge < -0.3 is 10.2 Å². The lowest BCUT2D eigenvalue weighted by Crippen LogP contribution is -2.42. The molecule has 2 fully saturated rings. The average molecular weight is 309 g/mol. The van der Waals surface area contributed by atoms with Crippen LogP contribution in [0.4, 0.5) is 11.8 Å². The van der Waals surface area contributed by atoms with Crippen molar-refractivity contribution in [2.24, 2.45) is 11.8 Å². The van der Waals surface area contributed by atoms with Crippen LogP contribution in [0.5, 0.6) is 0 Å². The Morgan fingerprint density at radius 3 is 2.90 bits per heavy atom. The van der Waals surface area contributed by atoms with E-state index in [1.807, 2.05) is 0 Å². The first-order valence-corrected chi connectivity index (χ1v) is 8.67. The predicted molar refractivity (Wildman–Crippen MR) is 88.1 cm³/mol. The Kier molecular flexibility index (Phi) is 4.84. The van der Waals surface area contributed by atoms with Gasteiger partial charge in [-0.2, -0.15) is 4.98 Å². The van der Waals surface area contributed by atoms with Gasteiger partial charge in [0.05, 0.1) is 6.20 Å². The molecule has 2 aliphatic rings. The molecule has 3 rings (SSSR count). The van der Waals surface area contributed by atoms with Gasteiger partial charge in [-0.05, 0) is 31.1 Å². The highest BCUT2D eigenvalue weighted by Gasteiger charge is 2.32. The van der Waals surface area contributed by atoms with Crippen molar-refractivity contribution < 1.29 is 0 Å². The van der Waals surface area contributed by atoms with Gasteiger partial charge in [0.2, 0.25) is 5.95 Å². The van der Waals surface area contributed by atoms with Crippen LogP contribution in [0, 0.1) is 11.8 Å². The first-order chi connectivity index (χ1) is 10.3. The summed E-state index contributed by atoms with van der Waals surface area (Å²) in [5.41, 5.74) is 0. The van der Waals surface area contributed by atoms with E-state index in [1.54, 1.807) is 6.20 Å². The van der Waals surface area contributed by atoms with E-state index in [4.69, 9.17) is 11.6 Å². The molecule has 116 valence electrons. The third-order valence-electron chi connectivity index (χ3n) is 4.85. The molecule has 2 unspecified atom stereocenters. The van der Waals surface area contributed by atoms with Crippen molar-refractivity contribution in [2.75, 3.05) is 29.9 Å². The summed E-state index contributed by atoms with van der Waals surface area (Å²) in [5.74, 6) is 3.36. The summed E-state index contributed by atoms with van der Waals surface area (Å²) in [4.78, 5) is 11.3. The Morgan fingerprint density at radius 1 is 1.29 bits per heavy atom. The minimum absolute atomic E-state index is 0.673. The molecule has 2 atom stereocenters. The Balaban J connectivity index is 1.73. The smallest absolute Gasteiger partial charge is 0.224 e. The van der Waals surface area contributed by atoms with Crippen molar-refractivity contribution in [3.05, 3.63) is 11.2 Å². The van der Waals surface area contributed by atoms with Crippen molar-refractivity contribution in [3.63, 3.8) is 0 Å². The number of halogens is 1. The average Bonchev–Trinajstić information content (AvgIpc) is 2.53. The van der Waals surface area contributed by atoms with E-state index in [2.05, 4.69) is 27.1 Å². The number of hydrogen-bond acceptors (Lipinski definition) is 4. The van der Waals surface area contributed by atoms with Gasteiger partial charge in [-0.3, -0.25) is 0 Å². The van der Waals surface area contributed by atoms with Crippen LogP contribution in [-0.4, -0.2) is 29.6 Å². The predicted octanol–water partition coefficient (Wildman–Crippen LogP) is 3.97. The molecule has 1 saturated carbocycles. The van der Waals surface area contributed by atoms with Crippen LogP contribution in [0.1, 0.15) is 45.4 Å². The van der Waals surface area contributed by atoms with Crippen LogP contribution in [0.15, 0.2) is 6.20 Å². The van der Waals surface area contributed by atoms with Crippen molar-refractivity contribution in [2.45, 2.75) is 45.4 Å². The maximum atomic E-state index is 6.34. The van der Waals surface area contributed by atoms with Crippen LogP contribution in [0.2, 0.25) is 5.02 Å². The van der Waals surface area contributed by atoms with Gasteiger partial charge in [0.25, 0.3) is 0 Å². The van der Waals surface area contributed by atoms with Gasteiger partial charge in [0.1, 0.15) is 5.02 Å². The number of aromatic nitrogens is 2. The minimum atomic E-state index is 0.673. The fourth-order valence-corrected chi connectivity index (χ4v) is 3.91. The van der Waals surface area contributed by atoms with Crippen LogP contribution in [0.3, 0.4) is 0 Å². The maximum Gasteiger partial charge on any atom is 0.224 e. The first kappa shape index (κ1) is 14.9. The topological polar surface area (TPSA) is 41.1 Å². The van der Waals surface area contributed by atoms with Gasteiger partial charge in [0, 0.05) is 19.6 Å². The molecule has 1 aliphatic heterocycles. The number of anilines is 2. The molecule has 0 amide bonds. The Morgan fingerprint density at radius 2 is 2.10 bits per heavy atom. The minimum Gasteiger partial charge on any atom is -0.355 e. The summed E-state index contributed by atoms with van der Waals surface area (Å²) in [6.07, 6.45) is 9.66. The molecule has 1 aliphatic carbocycles. The molecule has 0 aromatic carbocycles. The summed E-state index contributed by atoms with van der Waals surface area (Å²) < 4.78 is 0. The van der Waals surface area contributed by atoms with Crippen LogP contribution in [0.25, 0.3) is 0 Å². The van der Waals surface area contributed by atoms with Crippen molar-refractivity contribution >= 4 is 23.4 Å². The second-order valence-electron chi connectivity index (χ2n) is 6.33. The fraction of sp³-hybridized carbons (Fsp3) is 0.750. The molecule has 1 aromatic heterocycles. The molecule has 1 N–H and O–H groups in total. The molecule has 0 bridgehead atoms. The summed E-state index contributed by atoms with van der Waals surface area (Å²) in [5, 5.41) is 3.92. The first-order valence-electron chi connectivity index (χ1n) is 8.29. The van der Waals surface area contributed by atoms with Crippen LogP contribution in [-0.2, 0) is 0 Å². The zero-order valence-electron chi connectivity index (χ0n) is 12.8. The zero-order valence-corrected chi connectivity index (χ0v) is 13.6. The van der Waals surface area contributed by atoms with Crippen molar-refractivity contribution in [3.8, 4) is 0 Å². The lowest BCUT2D eigenvalue weighted by Gasteiger charge is -2.42. The normalized spacial score (nSPS) is 25.5. The lowest BCUT2D eigenvalue weighted by molar-refractivity contribution is 0.202. The second kappa shape index (κ2) is 6.82. The molecular formula is C16H25ClN4. The number of fused-ring (bicyclic) bond motifs is 1. The third-order valence-corrected chi connectivity index (χ3v) is 5.12. The molecule has 2 heterocycles. The van der Waals surface area contributed by atoms with E-state index >= 15 is 0 Å². The van der Waals surface area contributed by atoms with E-state index in [9.17, 15) is 0 Å². The molecule has 5 heteroatoms. The largest absolute Gasteiger partial charge is 0.355 e. The Labute approximate surface area is 132 Å². The summed E-state index contributed by atoms with van der Waals surface area (Å²) in [7, 11) is 0. The highest BCUT2D eigenvalue weighted by Crippen LogP contribution is 2.38. The van der Waals surface area contributed by atoms with Gasteiger partial charge in [0.15, 0.2) is 5.82 Å².